The number of rotatable bonds is 6. The normalized spacial score (nSPS) is 12.2. The van der Waals surface area contributed by atoms with E-state index in [1.54, 1.807) is 17.8 Å². The van der Waals surface area contributed by atoms with Gasteiger partial charge in [0.25, 0.3) is 5.91 Å². The number of benzene rings is 1. The molecule has 0 aliphatic carbocycles. The molecule has 1 amide bonds. The average Bonchev–Trinajstić information content (AvgIpc) is 2.29. The molecule has 0 bridgehead atoms. The van der Waals surface area contributed by atoms with E-state index in [0.29, 0.717) is 16.6 Å². The van der Waals surface area contributed by atoms with Crippen LogP contribution in [0.4, 0.5) is 4.39 Å². The minimum absolute atomic E-state index is 0.00563. The quantitative estimate of drug-likeness (QED) is 0.839. The van der Waals surface area contributed by atoms with Crippen LogP contribution in [-0.4, -0.2) is 35.7 Å². The van der Waals surface area contributed by atoms with Gasteiger partial charge in [-0.3, -0.25) is 4.79 Å². The molecule has 0 saturated heterocycles. The van der Waals surface area contributed by atoms with Crippen LogP contribution in [0.2, 0.25) is 0 Å². The Hall–Kier alpha value is -0.590. The van der Waals surface area contributed by atoms with E-state index >= 15 is 0 Å². The molecule has 0 saturated carbocycles. The molecule has 1 atom stereocenters. The molecule has 1 unspecified atom stereocenters. The second-order valence-electron chi connectivity index (χ2n) is 3.76. The van der Waals surface area contributed by atoms with Crippen molar-refractivity contribution in [3.63, 3.8) is 0 Å². The largest absolute Gasteiger partial charge is 0.396 e. The molecule has 18 heavy (non-hydrogen) atoms. The van der Waals surface area contributed by atoms with E-state index in [1.807, 2.05) is 6.26 Å². The van der Waals surface area contributed by atoms with Gasteiger partial charge in [-0.25, -0.2) is 4.39 Å². The molecular formula is C12H15BrFNO2S. The van der Waals surface area contributed by atoms with Crippen LogP contribution in [0.5, 0.6) is 0 Å². The molecule has 2 N–H and O–H groups in total. The molecule has 0 radical (unpaired) electrons. The summed E-state index contributed by atoms with van der Waals surface area (Å²) in [6.07, 6.45) is 2.38. The first-order chi connectivity index (χ1) is 8.58. The van der Waals surface area contributed by atoms with Crippen LogP contribution < -0.4 is 5.32 Å². The van der Waals surface area contributed by atoms with Gasteiger partial charge in [0.1, 0.15) is 5.82 Å². The van der Waals surface area contributed by atoms with Crippen LogP contribution in [0.25, 0.3) is 0 Å². The highest BCUT2D eigenvalue weighted by atomic mass is 79.9. The predicted molar refractivity (Wildman–Crippen MR) is 75.4 cm³/mol. The van der Waals surface area contributed by atoms with Crippen molar-refractivity contribution in [2.45, 2.75) is 12.5 Å². The van der Waals surface area contributed by atoms with Gasteiger partial charge in [0.2, 0.25) is 0 Å². The maximum atomic E-state index is 13.6. The Labute approximate surface area is 118 Å². The van der Waals surface area contributed by atoms with E-state index in [-0.39, 0.29) is 18.2 Å². The van der Waals surface area contributed by atoms with Gasteiger partial charge < -0.3 is 10.4 Å². The maximum absolute atomic E-state index is 13.6. The van der Waals surface area contributed by atoms with Crippen molar-refractivity contribution >= 4 is 33.6 Å². The zero-order valence-corrected chi connectivity index (χ0v) is 12.4. The number of aliphatic hydroxyl groups excluding tert-OH is 1. The van der Waals surface area contributed by atoms with Crippen LogP contribution in [0.3, 0.4) is 0 Å². The van der Waals surface area contributed by atoms with Crippen molar-refractivity contribution in [1.29, 1.82) is 0 Å². The molecule has 3 nitrogen and oxygen atoms in total. The molecule has 0 aliphatic heterocycles. The van der Waals surface area contributed by atoms with Crippen molar-refractivity contribution < 1.29 is 14.3 Å². The molecule has 1 aromatic carbocycles. The number of hydrogen-bond acceptors (Lipinski definition) is 3. The van der Waals surface area contributed by atoms with Gasteiger partial charge in [0, 0.05) is 22.9 Å². The first-order valence-corrected chi connectivity index (χ1v) is 7.63. The average molecular weight is 336 g/mol. The Bertz CT molecular complexity index is 411. The lowest BCUT2D eigenvalue weighted by Gasteiger charge is -2.16. The number of halogens is 2. The molecule has 0 aromatic heterocycles. The maximum Gasteiger partial charge on any atom is 0.254 e. The SMILES string of the molecule is CSCC(CCO)NC(=O)c1ccc(Br)cc1F. The van der Waals surface area contributed by atoms with E-state index in [2.05, 4.69) is 21.2 Å². The number of thioether (sulfide) groups is 1. The molecular weight excluding hydrogens is 321 g/mol. The minimum Gasteiger partial charge on any atom is -0.396 e. The van der Waals surface area contributed by atoms with Crippen molar-refractivity contribution in [3.05, 3.63) is 34.1 Å². The van der Waals surface area contributed by atoms with E-state index in [4.69, 9.17) is 5.11 Å². The second-order valence-corrected chi connectivity index (χ2v) is 5.59. The van der Waals surface area contributed by atoms with Crippen LogP contribution in [-0.2, 0) is 0 Å². The number of carbonyl (C=O) groups excluding carboxylic acids is 1. The zero-order valence-electron chi connectivity index (χ0n) is 9.95. The molecule has 6 heteroatoms. The topological polar surface area (TPSA) is 49.3 Å². The highest BCUT2D eigenvalue weighted by molar-refractivity contribution is 9.10. The summed E-state index contributed by atoms with van der Waals surface area (Å²) < 4.78 is 14.2. The van der Waals surface area contributed by atoms with Gasteiger partial charge in [-0.2, -0.15) is 11.8 Å². The third-order valence-corrected chi connectivity index (χ3v) is 3.59. The smallest absolute Gasteiger partial charge is 0.254 e. The number of aliphatic hydroxyl groups is 1. The van der Waals surface area contributed by atoms with Gasteiger partial charge in [0.15, 0.2) is 0 Å². The number of carbonyl (C=O) groups is 1. The monoisotopic (exact) mass is 335 g/mol. The lowest BCUT2D eigenvalue weighted by atomic mass is 10.1. The van der Waals surface area contributed by atoms with Gasteiger partial charge in [0.05, 0.1) is 5.56 Å². The molecule has 0 heterocycles. The highest BCUT2D eigenvalue weighted by Gasteiger charge is 2.16. The van der Waals surface area contributed by atoms with Crippen molar-refractivity contribution in [2.75, 3.05) is 18.6 Å². The van der Waals surface area contributed by atoms with Crippen molar-refractivity contribution in [3.8, 4) is 0 Å². The summed E-state index contributed by atoms with van der Waals surface area (Å²) in [5.74, 6) is -0.328. The van der Waals surface area contributed by atoms with Crippen LogP contribution in [0.1, 0.15) is 16.8 Å². The second kappa shape index (κ2) is 7.76. The zero-order chi connectivity index (χ0) is 13.5. The molecule has 0 aliphatic rings. The Morgan fingerprint density at radius 3 is 2.89 bits per heavy atom. The van der Waals surface area contributed by atoms with E-state index in [0.717, 1.165) is 0 Å². The summed E-state index contributed by atoms with van der Waals surface area (Å²) in [4.78, 5) is 11.9. The third kappa shape index (κ3) is 4.59. The van der Waals surface area contributed by atoms with Gasteiger partial charge >= 0.3 is 0 Å². The van der Waals surface area contributed by atoms with Gasteiger partial charge in [-0.05, 0) is 30.9 Å². The summed E-state index contributed by atoms with van der Waals surface area (Å²) >= 11 is 4.70. The Kier molecular flexibility index (Phi) is 6.67. The van der Waals surface area contributed by atoms with E-state index in [1.165, 1.54) is 12.1 Å². The lowest BCUT2D eigenvalue weighted by molar-refractivity contribution is 0.0931. The van der Waals surface area contributed by atoms with Crippen molar-refractivity contribution in [1.82, 2.24) is 5.32 Å². The Balaban J connectivity index is 2.73. The first kappa shape index (κ1) is 15.5. The Morgan fingerprint density at radius 1 is 1.61 bits per heavy atom. The number of amides is 1. The number of nitrogens with one attached hydrogen (secondary N) is 1. The van der Waals surface area contributed by atoms with Crippen molar-refractivity contribution in [2.24, 2.45) is 0 Å². The molecule has 100 valence electrons. The summed E-state index contributed by atoms with van der Waals surface area (Å²) in [7, 11) is 0. The molecule has 0 fully saturated rings. The van der Waals surface area contributed by atoms with Crippen LogP contribution in [0, 0.1) is 5.82 Å². The van der Waals surface area contributed by atoms with Gasteiger partial charge in [-0.1, -0.05) is 15.9 Å². The molecule has 1 rings (SSSR count). The fraction of sp³-hybridized carbons (Fsp3) is 0.417. The van der Waals surface area contributed by atoms with E-state index < -0.39 is 11.7 Å². The summed E-state index contributed by atoms with van der Waals surface area (Å²) in [6.45, 7) is -0.00563. The Morgan fingerprint density at radius 2 is 2.33 bits per heavy atom. The lowest BCUT2D eigenvalue weighted by Crippen LogP contribution is -2.37. The summed E-state index contributed by atoms with van der Waals surface area (Å²) in [5.41, 5.74) is 0.0160. The van der Waals surface area contributed by atoms with Gasteiger partial charge in [-0.15, -0.1) is 0 Å². The fourth-order valence-electron chi connectivity index (χ4n) is 1.49. The highest BCUT2D eigenvalue weighted by Crippen LogP contribution is 2.15. The standard InChI is InChI=1S/C12H15BrFNO2S/c1-18-7-9(4-5-16)15-12(17)10-3-2-8(13)6-11(10)14/h2-3,6,9,16H,4-5,7H2,1H3,(H,15,17). The summed E-state index contributed by atoms with van der Waals surface area (Å²) in [6, 6.07) is 4.16. The fourth-order valence-corrected chi connectivity index (χ4v) is 2.48. The number of hydrogen-bond donors (Lipinski definition) is 2. The molecule has 1 aromatic rings. The van der Waals surface area contributed by atoms with Crippen LogP contribution in [0.15, 0.2) is 22.7 Å². The minimum atomic E-state index is -0.561. The molecule has 0 spiro atoms. The first-order valence-electron chi connectivity index (χ1n) is 5.44. The summed E-state index contributed by atoms with van der Waals surface area (Å²) in [5, 5.41) is 11.6. The third-order valence-electron chi connectivity index (χ3n) is 2.36. The van der Waals surface area contributed by atoms with Crippen LogP contribution >= 0.6 is 27.7 Å². The predicted octanol–water partition coefficient (Wildman–Crippen LogP) is 2.43. The van der Waals surface area contributed by atoms with E-state index in [9.17, 15) is 9.18 Å².